The lowest BCUT2D eigenvalue weighted by Gasteiger charge is -2.30. The van der Waals surface area contributed by atoms with Gasteiger partial charge >= 0.3 is 0 Å². The van der Waals surface area contributed by atoms with E-state index in [-0.39, 0.29) is 5.60 Å². The van der Waals surface area contributed by atoms with Crippen LogP contribution in [0.4, 0.5) is 0 Å². The summed E-state index contributed by atoms with van der Waals surface area (Å²) >= 11 is 0. The van der Waals surface area contributed by atoms with Gasteiger partial charge in [-0.25, -0.2) is 0 Å². The van der Waals surface area contributed by atoms with Gasteiger partial charge in [-0.2, -0.15) is 0 Å². The van der Waals surface area contributed by atoms with E-state index in [9.17, 15) is 5.11 Å². The molecule has 1 atom stereocenters. The SMILES string of the molecule is CN1CCC(NCC(O)COC(C)(C)C)CC1. The monoisotopic (exact) mass is 244 g/mol. The quantitative estimate of drug-likeness (QED) is 0.752. The smallest absolute Gasteiger partial charge is 0.0898 e. The first kappa shape index (κ1) is 14.9. The minimum atomic E-state index is -0.408. The van der Waals surface area contributed by atoms with Gasteiger partial charge in [-0.3, -0.25) is 0 Å². The van der Waals surface area contributed by atoms with Crippen LogP contribution in [0, 0.1) is 0 Å². The Hall–Kier alpha value is -0.160. The zero-order chi connectivity index (χ0) is 12.9. The summed E-state index contributed by atoms with van der Waals surface area (Å²) in [7, 11) is 2.15. The second-order valence-electron chi connectivity index (χ2n) is 6.06. The lowest BCUT2D eigenvalue weighted by Crippen LogP contribution is -2.44. The summed E-state index contributed by atoms with van der Waals surface area (Å²) in [4.78, 5) is 2.34. The molecule has 0 aromatic rings. The molecule has 0 spiro atoms. The largest absolute Gasteiger partial charge is 0.389 e. The van der Waals surface area contributed by atoms with Gasteiger partial charge in [-0.15, -0.1) is 0 Å². The van der Waals surface area contributed by atoms with E-state index in [1.165, 1.54) is 12.8 Å². The fourth-order valence-corrected chi connectivity index (χ4v) is 1.92. The van der Waals surface area contributed by atoms with E-state index in [2.05, 4.69) is 17.3 Å². The molecule has 1 aliphatic rings. The van der Waals surface area contributed by atoms with Crippen molar-refractivity contribution >= 4 is 0 Å². The summed E-state index contributed by atoms with van der Waals surface area (Å²) in [5, 5.41) is 13.2. The van der Waals surface area contributed by atoms with Crippen LogP contribution in [-0.4, -0.2) is 61.0 Å². The van der Waals surface area contributed by atoms with Crippen LogP contribution in [0.2, 0.25) is 0 Å². The number of piperidine rings is 1. The highest BCUT2D eigenvalue weighted by Gasteiger charge is 2.18. The van der Waals surface area contributed by atoms with Gasteiger partial charge in [0.2, 0.25) is 0 Å². The Morgan fingerprint density at radius 1 is 1.35 bits per heavy atom. The third-order valence-corrected chi connectivity index (χ3v) is 3.07. The first-order valence-electron chi connectivity index (χ1n) is 6.61. The van der Waals surface area contributed by atoms with Crippen LogP contribution in [-0.2, 0) is 4.74 Å². The molecule has 1 rings (SSSR count). The summed E-state index contributed by atoms with van der Waals surface area (Å²) in [5.74, 6) is 0. The molecule has 0 bridgehead atoms. The molecule has 0 saturated carbocycles. The fourth-order valence-electron chi connectivity index (χ4n) is 1.92. The average molecular weight is 244 g/mol. The molecule has 4 heteroatoms. The highest BCUT2D eigenvalue weighted by molar-refractivity contribution is 4.76. The molecule has 4 nitrogen and oxygen atoms in total. The van der Waals surface area contributed by atoms with Crippen LogP contribution in [0.5, 0.6) is 0 Å². The highest BCUT2D eigenvalue weighted by Crippen LogP contribution is 2.09. The molecule has 1 fully saturated rings. The predicted molar refractivity (Wildman–Crippen MR) is 70.2 cm³/mol. The second kappa shape index (κ2) is 6.69. The minimum absolute atomic E-state index is 0.172. The molecule has 2 N–H and O–H groups in total. The molecule has 1 aliphatic heterocycles. The van der Waals surface area contributed by atoms with Crippen molar-refractivity contribution in [3.8, 4) is 0 Å². The molecule has 0 amide bonds. The Morgan fingerprint density at radius 3 is 2.47 bits per heavy atom. The summed E-state index contributed by atoms with van der Waals surface area (Å²) in [6.07, 6.45) is 1.93. The Labute approximate surface area is 105 Å². The number of aliphatic hydroxyl groups is 1. The first-order chi connectivity index (χ1) is 7.87. The molecule has 0 aromatic heterocycles. The van der Waals surface area contributed by atoms with E-state index >= 15 is 0 Å². The number of aliphatic hydroxyl groups excluding tert-OH is 1. The maximum atomic E-state index is 9.80. The summed E-state index contributed by atoms with van der Waals surface area (Å²) in [6, 6.07) is 0.551. The Balaban J connectivity index is 2.09. The van der Waals surface area contributed by atoms with E-state index < -0.39 is 6.10 Å². The minimum Gasteiger partial charge on any atom is -0.389 e. The van der Waals surface area contributed by atoms with Crippen LogP contribution >= 0.6 is 0 Å². The molecule has 0 aromatic carbocycles. The summed E-state index contributed by atoms with van der Waals surface area (Å²) < 4.78 is 5.55. The van der Waals surface area contributed by atoms with Gasteiger partial charge in [0, 0.05) is 12.6 Å². The molecule has 1 saturated heterocycles. The maximum absolute atomic E-state index is 9.80. The standard InChI is InChI=1S/C13H28N2O2/c1-13(2,3)17-10-12(16)9-14-11-5-7-15(4)8-6-11/h11-12,14,16H,5-10H2,1-4H3. The lowest BCUT2D eigenvalue weighted by molar-refractivity contribution is -0.0486. The molecule has 102 valence electrons. The molecular weight excluding hydrogens is 216 g/mol. The fraction of sp³-hybridized carbons (Fsp3) is 1.00. The van der Waals surface area contributed by atoms with Gasteiger partial charge < -0.3 is 20.1 Å². The van der Waals surface area contributed by atoms with Gasteiger partial charge in [0.1, 0.15) is 0 Å². The molecule has 0 aliphatic carbocycles. The molecule has 0 radical (unpaired) electrons. The van der Waals surface area contributed by atoms with Gasteiger partial charge in [0.25, 0.3) is 0 Å². The van der Waals surface area contributed by atoms with Crippen molar-refractivity contribution in [2.24, 2.45) is 0 Å². The van der Waals surface area contributed by atoms with Crippen molar-refractivity contribution in [1.29, 1.82) is 0 Å². The van der Waals surface area contributed by atoms with Crippen molar-refractivity contribution in [1.82, 2.24) is 10.2 Å². The van der Waals surface area contributed by atoms with Crippen LogP contribution < -0.4 is 5.32 Å². The van der Waals surface area contributed by atoms with Gasteiger partial charge in [0.15, 0.2) is 0 Å². The van der Waals surface area contributed by atoms with Gasteiger partial charge in [0.05, 0.1) is 18.3 Å². The zero-order valence-electron chi connectivity index (χ0n) is 11.7. The van der Waals surface area contributed by atoms with E-state index in [1.54, 1.807) is 0 Å². The van der Waals surface area contributed by atoms with Crippen LogP contribution in [0.25, 0.3) is 0 Å². The van der Waals surface area contributed by atoms with Gasteiger partial charge in [-0.1, -0.05) is 0 Å². The van der Waals surface area contributed by atoms with E-state index in [1.807, 2.05) is 20.8 Å². The Bertz CT molecular complexity index is 208. The number of nitrogens with one attached hydrogen (secondary N) is 1. The van der Waals surface area contributed by atoms with Gasteiger partial charge in [-0.05, 0) is 53.8 Å². The molecule has 17 heavy (non-hydrogen) atoms. The number of hydrogen-bond acceptors (Lipinski definition) is 4. The lowest BCUT2D eigenvalue weighted by atomic mass is 10.1. The third kappa shape index (κ3) is 6.99. The third-order valence-electron chi connectivity index (χ3n) is 3.07. The summed E-state index contributed by atoms with van der Waals surface area (Å²) in [6.45, 7) is 9.34. The zero-order valence-corrected chi connectivity index (χ0v) is 11.7. The Kier molecular flexibility index (Phi) is 5.86. The number of nitrogens with zero attached hydrogens (tertiary/aromatic N) is 1. The van der Waals surface area contributed by atoms with Crippen molar-refractivity contribution in [3.05, 3.63) is 0 Å². The van der Waals surface area contributed by atoms with Crippen LogP contribution in [0.15, 0.2) is 0 Å². The maximum Gasteiger partial charge on any atom is 0.0898 e. The average Bonchev–Trinajstić information content (AvgIpc) is 2.25. The topological polar surface area (TPSA) is 44.7 Å². The highest BCUT2D eigenvalue weighted by atomic mass is 16.5. The molecular formula is C13H28N2O2. The van der Waals surface area contributed by atoms with Crippen molar-refractivity contribution in [2.75, 3.05) is 33.3 Å². The predicted octanol–water partition coefficient (Wildman–Crippen LogP) is 0.846. The Morgan fingerprint density at radius 2 is 1.94 bits per heavy atom. The van der Waals surface area contributed by atoms with Crippen LogP contribution in [0.1, 0.15) is 33.6 Å². The number of rotatable bonds is 5. The molecule has 1 unspecified atom stereocenters. The summed E-state index contributed by atoms with van der Waals surface area (Å²) in [5.41, 5.74) is -0.172. The number of hydrogen-bond donors (Lipinski definition) is 2. The second-order valence-corrected chi connectivity index (χ2v) is 6.06. The van der Waals surface area contributed by atoms with E-state index in [0.717, 1.165) is 13.1 Å². The first-order valence-corrected chi connectivity index (χ1v) is 6.61. The normalized spacial score (nSPS) is 21.7. The number of ether oxygens (including phenoxy) is 1. The van der Waals surface area contributed by atoms with Crippen LogP contribution in [0.3, 0.4) is 0 Å². The number of likely N-dealkylation sites (tertiary alicyclic amines) is 1. The van der Waals surface area contributed by atoms with E-state index in [4.69, 9.17) is 4.74 Å². The van der Waals surface area contributed by atoms with Crippen molar-refractivity contribution in [3.63, 3.8) is 0 Å². The van der Waals surface area contributed by atoms with Crippen molar-refractivity contribution in [2.45, 2.75) is 51.4 Å². The van der Waals surface area contributed by atoms with E-state index in [0.29, 0.717) is 19.2 Å². The molecule has 1 heterocycles. The van der Waals surface area contributed by atoms with Crippen molar-refractivity contribution < 1.29 is 9.84 Å².